The first-order valence-electron chi connectivity index (χ1n) is 9.45. The molecule has 1 N–H and O–H groups in total. The molecular formula is C19H20N6O2S. The number of fused-ring (bicyclic) bond motifs is 6. The van der Waals surface area contributed by atoms with Crippen LogP contribution in [-0.2, 0) is 16.0 Å². The van der Waals surface area contributed by atoms with Crippen molar-refractivity contribution in [1.29, 1.82) is 0 Å². The number of nitrogens with zero attached hydrogens (tertiary/aromatic N) is 5. The summed E-state index contributed by atoms with van der Waals surface area (Å²) in [4.78, 5) is 35.6. The van der Waals surface area contributed by atoms with Crippen molar-refractivity contribution < 1.29 is 9.59 Å². The van der Waals surface area contributed by atoms with Crippen molar-refractivity contribution in [2.75, 3.05) is 5.32 Å². The number of aromatic nitrogens is 4. The first-order valence-corrected chi connectivity index (χ1v) is 10.3. The molecule has 0 aromatic carbocycles. The van der Waals surface area contributed by atoms with Gasteiger partial charge in [0, 0.05) is 54.7 Å². The van der Waals surface area contributed by atoms with E-state index in [0.717, 1.165) is 41.9 Å². The minimum absolute atomic E-state index is 0.0316. The lowest BCUT2D eigenvalue weighted by molar-refractivity contribution is -0.136. The van der Waals surface area contributed by atoms with E-state index in [1.54, 1.807) is 11.6 Å². The molecule has 0 saturated carbocycles. The SMILES string of the molecule is Cc1cc2ncc3c(n2n1)C[C@H]1CC[C@@H]3N1C(=O)CCC(=O)Nc1nccs1. The molecule has 8 nitrogen and oxygen atoms in total. The summed E-state index contributed by atoms with van der Waals surface area (Å²) in [7, 11) is 0. The summed E-state index contributed by atoms with van der Waals surface area (Å²) in [6.07, 6.45) is 6.59. The Bertz CT molecular complexity index is 1060. The molecule has 0 spiro atoms. The molecule has 9 heteroatoms. The summed E-state index contributed by atoms with van der Waals surface area (Å²) in [5, 5.41) is 9.68. The van der Waals surface area contributed by atoms with E-state index in [-0.39, 0.29) is 36.7 Å². The van der Waals surface area contributed by atoms with Crippen LogP contribution in [0.3, 0.4) is 0 Å². The molecule has 3 aromatic rings. The molecule has 0 aliphatic carbocycles. The number of aryl methyl sites for hydroxylation is 1. The summed E-state index contributed by atoms with van der Waals surface area (Å²) in [5.74, 6) is -0.146. The smallest absolute Gasteiger partial charge is 0.226 e. The molecule has 28 heavy (non-hydrogen) atoms. The van der Waals surface area contributed by atoms with Crippen molar-refractivity contribution in [2.45, 2.75) is 51.1 Å². The predicted octanol–water partition coefficient (Wildman–Crippen LogP) is 2.50. The molecule has 3 aromatic heterocycles. The van der Waals surface area contributed by atoms with Gasteiger partial charge in [0.25, 0.3) is 0 Å². The fourth-order valence-electron chi connectivity index (χ4n) is 4.40. The van der Waals surface area contributed by atoms with Gasteiger partial charge in [-0.25, -0.2) is 14.5 Å². The average molecular weight is 396 g/mol. The van der Waals surface area contributed by atoms with E-state index in [9.17, 15) is 9.59 Å². The highest BCUT2D eigenvalue weighted by atomic mass is 32.1. The first kappa shape index (κ1) is 17.3. The van der Waals surface area contributed by atoms with Crippen molar-refractivity contribution in [3.05, 3.63) is 40.8 Å². The maximum atomic E-state index is 12.9. The van der Waals surface area contributed by atoms with Gasteiger partial charge in [0.15, 0.2) is 10.8 Å². The van der Waals surface area contributed by atoms with E-state index >= 15 is 0 Å². The van der Waals surface area contributed by atoms with E-state index in [1.165, 1.54) is 11.3 Å². The first-order chi connectivity index (χ1) is 13.6. The van der Waals surface area contributed by atoms with E-state index in [1.807, 2.05) is 28.6 Å². The number of hydrogen-bond acceptors (Lipinski definition) is 6. The second-order valence-electron chi connectivity index (χ2n) is 7.35. The van der Waals surface area contributed by atoms with E-state index in [0.29, 0.717) is 5.13 Å². The summed E-state index contributed by atoms with van der Waals surface area (Å²) >= 11 is 1.37. The van der Waals surface area contributed by atoms with Crippen molar-refractivity contribution in [2.24, 2.45) is 0 Å². The fourth-order valence-corrected chi connectivity index (χ4v) is 4.94. The molecule has 2 aliphatic rings. The third-order valence-corrected chi connectivity index (χ3v) is 6.25. The molecule has 2 atom stereocenters. The number of anilines is 1. The van der Waals surface area contributed by atoms with Crippen molar-refractivity contribution in [1.82, 2.24) is 24.5 Å². The van der Waals surface area contributed by atoms with Crippen LogP contribution in [0.15, 0.2) is 23.8 Å². The molecule has 2 bridgehead atoms. The zero-order chi connectivity index (χ0) is 19.3. The third kappa shape index (κ3) is 2.86. The molecule has 2 amide bonds. The summed E-state index contributed by atoms with van der Waals surface area (Å²) in [6.45, 7) is 1.96. The lowest BCUT2D eigenvalue weighted by atomic mass is 9.98. The van der Waals surface area contributed by atoms with Gasteiger partial charge in [-0.2, -0.15) is 5.10 Å². The van der Waals surface area contributed by atoms with E-state index < -0.39 is 0 Å². The van der Waals surface area contributed by atoms with Crippen LogP contribution in [0, 0.1) is 6.92 Å². The van der Waals surface area contributed by atoms with Gasteiger partial charge in [0.2, 0.25) is 11.8 Å². The van der Waals surface area contributed by atoms with Gasteiger partial charge < -0.3 is 10.2 Å². The highest BCUT2D eigenvalue weighted by molar-refractivity contribution is 7.13. The lowest BCUT2D eigenvalue weighted by Gasteiger charge is -2.36. The quantitative estimate of drug-likeness (QED) is 0.731. The van der Waals surface area contributed by atoms with E-state index in [2.05, 4.69) is 20.4 Å². The van der Waals surface area contributed by atoms with Crippen LogP contribution in [0.4, 0.5) is 5.13 Å². The Morgan fingerprint density at radius 1 is 1.29 bits per heavy atom. The summed E-state index contributed by atoms with van der Waals surface area (Å²) in [6, 6.07) is 2.17. The summed E-state index contributed by atoms with van der Waals surface area (Å²) < 4.78 is 1.93. The van der Waals surface area contributed by atoms with Gasteiger partial charge in [0.1, 0.15) is 0 Å². The van der Waals surface area contributed by atoms with Crippen molar-refractivity contribution in [3.63, 3.8) is 0 Å². The predicted molar refractivity (Wildman–Crippen MR) is 104 cm³/mol. The third-order valence-electron chi connectivity index (χ3n) is 5.56. The number of amides is 2. The highest BCUT2D eigenvalue weighted by Gasteiger charge is 2.43. The lowest BCUT2D eigenvalue weighted by Crippen LogP contribution is -2.42. The van der Waals surface area contributed by atoms with Crippen LogP contribution in [0.2, 0.25) is 0 Å². The molecular weight excluding hydrogens is 376 g/mol. The Labute approximate surface area is 165 Å². The van der Waals surface area contributed by atoms with Crippen LogP contribution >= 0.6 is 11.3 Å². The Balaban J connectivity index is 1.32. The summed E-state index contributed by atoms with van der Waals surface area (Å²) in [5.41, 5.74) is 4.05. The van der Waals surface area contributed by atoms with Crippen LogP contribution in [0.1, 0.15) is 48.7 Å². The zero-order valence-electron chi connectivity index (χ0n) is 15.5. The second-order valence-corrected chi connectivity index (χ2v) is 8.25. The zero-order valence-corrected chi connectivity index (χ0v) is 16.3. The Kier molecular flexibility index (Phi) is 4.12. The highest BCUT2D eigenvalue weighted by Crippen LogP contribution is 2.43. The van der Waals surface area contributed by atoms with Gasteiger partial charge >= 0.3 is 0 Å². The Hall–Kier alpha value is -2.81. The van der Waals surface area contributed by atoms with Gasteiger partial charge in [0.05, 0.1) is 17.4 Å². The number of rotatable bonds is 4. The van der Waals surface area contributed by atoms with E-state index in [4.69, 9.17) is 0 Å². The van der Waals surface area contributed by atoms with Crippen LogP contribution in [-0.4, -0.2) is 42.3 Å². The topological polar surface area (TPSA) is 92.5 Å². The van der Waals surface area contributed by atoms with Crippen LogP contribution < -0.4 is 5.32 Å². The van der Waals surface area contributed by atoms with Gasteiger partial charge in [-0.3, -0.25) is 9.59 Å². The van der Waals surface area contributed by atoms with Gasteiger partial charge in [-0.1, -0.05) is 0 Å². The standard InChI is InChI=1S/C19H20N6O2S/c1-11-8-16-21-10-13-14-3-2-12(9-15(13)25(16)23-11)24(14)18(27)5-4-17(26)22-19-20-6-7-28-19/h6-8,10,12,14H,2-5,9H2,1H3,(H,20,22,26)/t12-,14+/m1/s1. The molecule has 144 valence electrons. The molecule has 0 unspecified atom stereocenters. The monoisotopic (exact) mass is 396 g/mol. The number of thiazole rings is 1. The average Bonchev–Trinajstić information content (AvgIpc) is 3.38. The van der Waals surface area contributed by atoms with Gasteiger partial charge in [-0.05, 0) is 19.8 Å². The fraction of sp³-hybridized carbons (Fsp3) is 0.421. The second kappa shape index (κ2) is 6.66. The molecule has 0 radical (unpaired) electrons. The minimum atomic E-state index is -0.177. The Morgan fingerprint density at radius 3 is 3.00 bits per heavy atom. The minimum Gasteiger partial charge on any atom is -0.332 e. The molecule has 2 aliphatic heterocycles. The molecule has 5 rings (SSSR count). The maximum absolute atomic E-state index is 12.9. The molecule has 1 saturated heterocycles. The van der Waals surface area contributed by atoms with Crippen LogP contribution in [0.5, 0.6) is 0 Å². The van der Waals surface area contributed by atoms with Crippen molar-refractivity contribution >= 4 is 33.9 Å². The number of carbonyl (C=O) groups excluding carboxylic acids is 2. The number of hydrogen-bond donors (Lipinski definition) is 1. The molecule has 5 heterocycles. The number of nitrogens with one attached hydrogen (secondary N) is 1. The largest absolute Gasteiger partial charge is 0.332 e. The number of carbonyl (C=O) groups is 2. The maximum Gasteiger partial charge on any atom is 0.226 e. The van der Waals surface area contributed by atoms with Crippen LogP contribution in [0.25, 0.3) is 5.65 Å². The Morgan fingerprint density at radius 2 is 2.18 bits per heavy atom. The van der Waals surface area contributed by atoms with Crippen molar-refractivity contribution in [3.8, 4) is 0 Å². The van der Waals surface area contributed by atoms with Gasteiger partial charge in [-0.15, -0.1) is 11.3 Å². The normalized spacial score (nSPS) is 20.4. The molecule has 1 fully saturated rings.